The van der Waals surface area contributed by atoms with Crippen molar-refractivity contribution in [2.24, 2.45) is 0 Å². The molecule has 0 aliphatic heterocycles. The van der Waals surface area contributed by atoms with Gasteiger partial charge in [0.15, 0.2) is 5.78 Å². The van der Waals surface area contributed by atoms with E-state index in [1.807, 2.05) is 0 Å². The number of benzene rings is 1. The van der Waals surface area contributed by atoms with Crippen LogP contribution in [0.3, 0.4) is 0 Å². The van der Waals surface area contributed by atoms with Crippen molar-refractivity contribution < 1.29 is 9.53 Å². The van der Waals surface area contributed by atoms with Crippen LogP contribution in [0.5, 0.6) is 5.75 Å². The lowest BCUT2D eigenvalue weighted by atomic mass is 10.0. The minimum absolute atomic E-state index is 0.134. The highest BCUT2D eigenvalue weighted by molar-refractivity contribution is 6.30. The van der Waals surface area contributed by atoms with Gasteiger partial charge in [0.2, 0.25) is 0 Å². The Balaban J connectivity index is 2.62. The van der Waals surface area contributed by atoms with Crippen LogP contribution < -0.4 is 4.74 Å². The predicted molar refractivity (Wildman–Crippen MR) is 71.1 cm³/mol. The fourth-order valence-corrected chi connectivity index (χ4v) is 1.90. The molecule has 0 saturated heterocycles. The first-order valence-electron chi connectivity index (χ1n) is 6.05. The monoisotopic (exact) mass is 254 g/mol. The molecule has 2 nitrogen and oxygen atoms in total. The van der Waals surface area contributed by atoms with Crippen molar-refractivity contribution in [3.8, 4) is 5.75 Å². The lowest BCUT2D eigenvalue weighted by molar-refractivity contribution is 0.0976. The first-order chi connectivity index (χ1) is 8.19. The number of methoxy groups -OCH3 is 1. The molecule has 0 aliphatic rings. The summed E-state index contributed by atoms with van der Waals surface area (Å²) in [5.74, 6) is 0.701. The molecule has 94 valence electrons. The van der Waals surface area contributed by atoms with Crippen molar-refractivity contribution in [2.45, 2.75) is 39.0 Å². The zero-order chi connectivity index (χ0) is 12.7. The lowest BCUT2D eigenvalue weighted by Crippen LogP contribution is -2.02. The van der Waals surface area contributed by atoms with Crippen LogP contribution in [-0.4, -0.2) is 12.9 Å². The van der Waals surface area contributed by atoms with Crippen LogP contribution in [0.4, 0.5) is 0 Å². The second-order valence-corrected chi connectivity index (χ2v) is 4.51. The van der Waals surface area contributed by atoms with Crippen LogP contribution in [0, 0.1) is 0 Å². The fraction of sp³-hybridized carbons (Fsp3) is 0.500. The van der Waals surface area contributed by atoms with E-state index in [0.29, 0.717) is 22.8 Å². The lowest BCUT2D eigenvalue weighted by Gasteiger charge is -2.07. The van der Waals surface area contributed by atoms with E-state index >= 15 is 0 Å². The molecule has 0 N–H and O–H groups in total. The molecular formula is C14H19ClO2. The average molecular weight is 255 g/mol. The van der Waals surface area contributed by atoms with E-state index in [1.54, 1.807) is 25.3 Å². The van der Waals surface area contributed by atoms with Crippen molar-refractivity contribution >= 4 is 17.4 Å². The van der Waals surface area contributed by atoms with Gasteiger partial charge in [-0.05, 0) is 24.6 Å². The van der Waals surface area contributed by atoms with Gasteiger partial charge in [0.25, 0.3) is 0 Å². The first-order valence-corrected chi connectivity index (χ1v) is 6.43. The summed E-state index contributed by atoms with van der Waals surface area (Å²) in [5.41, 5.74) is 0.633. The van der Waals surface area contributed by atoms with E-state index in [-0.39, 0.29) is 5.78 Å². The molecule has 0 spiro atoms. The number of halogens is 1. The number of ketones is 1. The Morgan fingerprint density at radius 2 is 2.06 bits per heavy atom. The number of ether oxygens (including phenoxy) is 1. The van der Waals surface area contributed by atoms with Crippen LogP contribution in [0.25, 0.3) is 0 Å². The zero-order valence-electron chi connectivity index (χ0n) is 10.5. The molecule has 0 aliphatic carbocycles. The number of hydrogen-bond donors (Lipinski definition) is 0. The molecule has 0 unspecified atom stereocenters. The van der Waals surface area contributed by atoms with E-state index < -0.39 is 0 Å². The normalized spacial score (nSPS) is 10.3. The maximum atomic E-state index is 12.0. The summed E-state index contributed by atoms with van der Waals surface area (Å²) in [5, 5.41) is 0.587. The Morgan fingerprint density at radius 1 is 1.29 bits per heavy atom. The number of Topliss-reactive ketones (excluding diaryl/α,β-unsaturated/α-hetero) is 1. The highest BCUT2D eigenvalue weighted by Gasteiger charge is 2.11. The minimum Gasteiger partial charge on any atom is -0.496 e. The number of carbonyl (C=O) groups excluding carboxylic acids is 1. The van der Waals surface area contributed by atoms with E-state index in [4.69, 9.17) is 16.3 Å². The molecule has 0 bridgehead atoms. The third-order valence-electron chi connectivity index (χ3n) is 2.72. The van der Waals surface area contributed by atoms with Gasteiger partial charge in [0, 0.05) is 11.4 Å². The van der Waals surface area contributed by atoms with E-state index in [1.165, 1.54) is 12.8 Å². The molecule has 0 saturated carbocycles. The van der Waals surface area contributed by atoms with Crippen LogP contribution in [0.2, 0.25) is 5.02 Å². The first kappa shape index (κ1) is 14.0. The molecule has 1 aromatic carbocycles. The Hall–Kier alpha value is -1.02. The summed E-state index contributed by atoms with van der Waals surface area (Å²) in [6.07, 6.45) is 5.00. The van der Waals surface area contributed by atoms with Gasteiger partial charge in [0.05, 0.1) is 12.7 Å². The summed E-state index contributed by atoms with van der Waals surface area (Å²) < 4.78 is 5.17. The molecule has 0 fully saturated rings. The quantitative estimate of drug-likeness (QED) is 0.529. The fourth-order valence-electron chi connectivity index (χ4n) is 1.74. The van der Waals surface area contributed by atoms with Crippen LogP contribution in [0.15, 0.2) is 18.2 Å². The van der Waals surface area contributed by atoms with Crippen molar-refractivity contribution in [1.29, 1.82) is 0 Å². The van der Waals surface area contributed by atoms with Gasteiger partial charge in [-0.3, -0.25) is 4.79 Å². The molecule has 1 aromatic rings. The molecule has 3 heteroatoms. The highest BCUT2D eigenvalue weighted by atomic mass is 35.5. The second kappa shape index (κ2) is 7.33. The van der Waals surface area contributed by atoms with E-state index in [0.717, 1.165) is 12.8 Å². The smallest absolute Gasteiger partial charge is 0.166 e. The third kappa shape index (κ3) is 4.39. The molecule has 0 radical (unpaired) electrons. The van der Waals surface area contributed by atoms with E-state index in [2.05, 4.69) is 6.92 Å². The standard InChI is InChI=1S/C14H19ClO2/c1-3-4-5-6-7-13(16)12-9-8-11(15)10-14(12)17-2/h8-10H,3-7H2,1-2H3. The maximum absolute atomic E-state index is 12.0. The Bertz CT molecular complexity index is 374. The molecule has 0 heterocycles. The topological polar surface area (TPSA) is 26.3 Å². The van der Waals surface area contributed by atoms with Crippen molar-refractivity contribution in [2.75, 3.05) is 7.11 Å². The SMILES string of the molecule is CCCCCCC(=O)c1ccc(Cl)cc1OC. The number of carbonyl (C=O) groups is 1. The molecule has 0 amide bonds. The second-order valence-electron chi connectivity index (χ2n) is 4.08. The Labute approximate surface area is 108 Å². The maximum Gasteiger partial charge on any atom is 0.166 e. The largest absolute Gasteiger partial charge is 0.496 e. The Morgan fingerprint density at radius 3 is 2.71 bits per heavy atom. The minimum atomic E-state index is 0.134. The molecular weight excluding hydrogens is 236 g/mol. The summed E-state index contributed by atoms with van der Waals surface area (Å²) in [4.78, 5) is 12.0. The summed E-state index contributed by atoms with van der Waals surface area (Å²) in [6, 6.07) is 5.15. The van der Waals surface area contributed by atoms with Gasteiger partial charge in [-0.25, -0.2) is 0 Å². The predicted octanol–water partition coefficient (Wildman–Crippen LogP) is 4.50. The van der Waals surface area contributed by atoms with Gasteiger partial charge < -0.3 is 4.74 Å². The van der Waals surface area contributed by atoms with Gasteiger partial charge in [-0.1, -0.05) is 37.8 Å². The van der Waals surface area contributed by atoms with Crippen LogP contribution in [0.1, 0.15) is 49.4 Å². The summed E-state index contributed by atoms with van der Waals surface area (Å²) in [7, 11) is 1.56. The van der Waals surface area contributed by atoms with Gasteiger partial charge >= 0.3 is 0 Å². The van der Waals surface area contributed by atoms with Crippen molar-refractivity contribution in [3.63, 3.8) is 0 Å². The number of hydrogen-bond acceptors (Lipinski definition) is 2. The van der Waals surface area contributed by atoms with Crippen molar-refractivity contribution in [3.05, 3.63) is 28.8 Å². The average Bonchev–Trinajstić information content (AvgIpc) is 2.34. The molecule has 0 aromatic heterocycles. The van der Waals surface area contributed by atoms with Crippen LogP contribution >= 0.6 is 11.6 Å². The van der Waals surface area contributed by atoms with E-state index in [9.17, 15) is 4.79 Å². The highest BCUT2D eigenvalue weighted by Crippen LogP contribution is 2.24. The van der Waals surface area contributed by atoms with Crippen LogP contribution in [-0.2, 0) is 0 Å². The third-order valence-corrected chi connectivity index (χ3v) is 2.96. The zero-order valence-corrected chi connectivity index (χ0v) is 11.2. The summed E-state index contributed by atoms with van der Waals surface area (Å²) >= 11 is 5.85. The molecule has 0 atom stereocenters. The molecule has 1 rings (SSSR count). The number of unbranched alkanes of at least 4 members (excludes halogenated alkanes) is 3. The Kier molecular flexibility index (Phi) is 6.06. The van der Waals surface area contributed by atoms with Gasteiger partial charge in [-0.2, -0.15) is 0 Å². The number of rotatable bonds is 7. The van der Waals surface area contributed by atoms with Crippen molar-refractivity contribution in [1.82, 2.24) is 0 Å². The van der Waals surface area contributed by atoms with Gasteiger partial charge in [-0.15, -0.1) is 0 Å². The molecule has 17 heavy (non-hydrogen) atoms. The van der Waals surface area contributed by atoms with Gasteiger partial charge in [0.1, 0.15) is 5.75 Å². The summed E-state index contributed by atoms with van der Waals surface area (Å²) in [6.45, 7) is 2.16.